The molecule has 0 amide bonds. The number of nitrogens with zero attached hydrogens (tertiary/aromatic N) is 4. The highest BCUT2D eigenvalue weighted by molar-refractivity contribution is 5.74. The lowest BCUT2D eigenvalue weighted by Gasteiger charge is -1.91. The summed E-state index contributed by atoms with van der Waals surface area (Å²) < 4.78 is 14.2. The maximum absolute atomic E-state index is 12.8. The molecule has 64 valence electrons. The molecule has 0 bridgehead atoms. The predicted octanol–water partition coefficient (Wildman–Crippen LogP) is 1.45. The zero-order valence-corrected chi connectivity index (χ0v) is 6.61. The minimum absolute atomic E-state index is 0.0694. The van der Waals surface area contributed by atoms with Gasteiger partial charge in [-0.25, -0.2) is 11.0 Å². The second-order valence-corrected chi connectivity index (χ2v) is 2.52. The lowest BCUT2D eigenvalue weighted by molar-refractivity contribution is 0.626. The van der Waals surface area contributed by atoms with Crippen LogP contribution in [0.25, 0.3) is 15.9 Å². The molecule has 0 aliphatic heterocycles. The molecule has 0 radical (unpaired) electrons. The van der Waals surface area contributed by atoms with E-state index in [0.29, 0.717) is 11.0 Å². The van der Waals surface area contributed by atoms with E-state index in [1.54, 1.807) is 0 Å². The first-order valence-electron chi connectivity index (χ1n) is 3.63. The molecule has 1 heterocycles. The Morgan fingerprint density at radius 1 is 1.54 bits per heavy atom. The van der Waals surface area contributed by atoms with E-state index < -0.39 is 0 Å². The van der Waals surface area contributed by atoms with Crippen molar-refractivity contribution in [3.63, 3.8) is 0 Å². The number of rotatable bonds is 1. The molecule has 0 saturated carbocycles. The van der Waals surface area contributed by atoms with Gasteiger partial charge in [-0.05, 0) is 12.1 Å². The molecule has 0 aliphatic rings. The maximum atomic E-state index is 12.8. The van der Waals surface area contributed by atoms with E-state index in [2.05, 4.69) is 15.2 Å². The van der Waals surface area contributed by atoms with Crippen molar-refractivity contribution in [2.75, 3.05) is 0 Å². The van der Waals surface area contributed by atoms with E-state index in [9.17, 15) is 4.39 Å². The molecular formula is C8H5FN4. The van der Waals surface area contributed by atoms with E-state index in [1.807, 2.05) is 0 Å². The molecule has 0 aliphatic carbocycles. The zero-order valence-electron chi connectivity index (χ0n) is 6.61. The Bertz CT molecular complexity index is 482. The summed E-state index contributed by atoms with van der Waals surface area (Å²) in [4.78, 5) is 3.15. The van der Waals surface area contributed by atoms with Gasteiger partial charge in [0.2, 0.25) is 0 Å². The van der Waals surface area contributed by atoms with Gasteiger partial charge in [-0.3, -0.25) is 4.85 Å². The molecule has 0 N–H and O–H groups in total. The summed E-state index contributed by atoms with van der Waals surface area (Å²) in [6.45, 7) is 6.72. The van der Waals surface area contributed by atoms with Gasteiger partial charge in [0.1, 0.15) is 11.3 Å². The smallest absolute Gasteiger partial charge is 0.291 e. The molecule has 4 nitrogen and oxygen atoms in total. The summed E-state index contributed by atoms with van der Waals surface area (Å²) in [7, 11) is 0. The Labute approximate surface area is 73.4 Å². The van der Waals surface area contributed by atoms with Crippen molar-refractivity contribution in [1.29, 1.82) is 0 Å². The molecule has 1 aromatic carbocycles. The summed E-state index contributed by atoms with van der Waals surface area (Å²) in [6, 6.07) is 4.18. The third kappa shape index (κ3) is 1.22. The van der Waals surface area contributed by atoms with Gasteiger partial charge in [-0.2, -0.15) is 4.68 Å². The summed E-state index contributed by atoms with van der Waals surface area (Å²) in [5, 5.41) is 7.49. The van der Waals surface area contributed by atoms with Gasteiger partial charge < -0.3 is 0 Å². The van der Waals surface area contributed by atoms with Crippen molar-refractivity contribution in [3.8, 4) is 0 Å². The van der Waals surface area contributed by atoms with Crippen molar-refractivity contribution >= 4 is 11.0 Å². The second-order valence-electron chi connectivity index (χ2n) is 2.52. The van der Waals surface area contributed by atoms with E-state index in [0.717, 1.165) is 0 Å². The fraction of sp³-hybridized carbons (Fsp3) is 0.125. The molecule has 0 saturated heterocycles. The number of hydrogen-bond donors (Lipinski definition) is 0. The lowest BCUT2D eigenvalue weighted by atomic mass is 10.3. The molecule has 1 aromatic heterocycles. The van der Waals surface area contributed by atoms with Crippen molar-refractivity contribution < 1.29 is 4.39 Å². The first kappa shape index (κ1) is 7.68. The van der Waals surface area contributed by atoms with E-state index in [4.69, 9.17) is 6.57 Å². The Morgan fingerprint density at radius 2 is 2.38 bits per heavy atom. The van der Waals surface area contributed by atoms with Gasteiger partial charge in [0.05, 0.1) is 5.52 Å². The molecule has 2 aromatic rings. The fourth-order valence-corrected chi connectivity index (χ4v) is 1.11. The van der Waals surface area contributed by atoms with Gasteiger partial charge in [0, 0.05) is 6.07 Å². The third-order valence-electron chi connectivity index (χ3n) is 1.68. The lowest BCUT2D eigenvalue weighted by Crippen LogP contribution is -1.95. The van der Waals surface area contributed by atoms with Crippen LogP contribution in [0.5, 0.6) is 0 Å². The monoisotopic (exact) mass is 176 g/mol. The van der Waals surface area contributed by atoms with Gasteiger partial charge in [0.25, 0.3) is 0 Å². The van der Waals surface area contributed by atoms with Crippen LogP contribution in [0.4, 0.5) is 4.39 Å². The number of benzene rings is 1. The number of aromatic nitrogens is 3. The maximum Gasteiger partial charge on any atom is 0.309 e. The van der Waals surface area contributed by atoms with Crippen LogP contribution >= 0.6 is 0 Å². The normalized spacial score (nSPS) is 10.2. The highest BCUT2D eigenvalue weighted by Crippen LogP contribution is 2.12. The Hall–Kier alpha value is -1.96. The predicted molar refractivity (Wildman–Crippen MR) is 44.1 cm³/mol. The van der Waals surface area contributed by atoms with Crippen LogP contribution in [-0.4, -0.2) is 15.0 Å². The van der Waals surface area contributed by atoms with E-state index >= 15 is 0 Å². The minimum Gasteiger partial charge on any atom is -0.291 e. The van der Waals surface area contributed by atoms with Crippen LogP contribution in [0.2, 0.25) is 0 Å². The second kappa shape index (κ2) is 2.83. The molecule has 2 rings (SSSR count). The highest BCUT2D eigenvalue weighted by Gasteiger charge is 2.05. The molecule has 0 unspecified atom stereocenters. The first-order chi connectivity index (χ1) is 6.31. The van der Waals surface area contributed by atoms with Gasteiger partial charge in [-0.15, -0.1) is 5.10 Å². The van der Waals surface area contributed by atoms with Crippen LogP contribution in [0, 0.1) is 12.4 Å². The van der Waals surface area contributed by atoms with Crippen LogP contribution < -0.4 is 0 Å². The average molecular weight is 176 g/mol. The van der Waals surface area contributed by atoms with Crippen molar-refractivity contribution in [3.05, 3.63) is 35.4 Å². The van der Waals surface area contributed by atoms with Crippen molar-refractivity contribution in [2.24, 2.45) is 0 Å². The standard InChI is InChI=1S/C8H5FN4/c1-10-5-13-8-4-6(9)2-3-7(8)11-12-13/h2-4H,5H2. The largest absolute Gasteiger partial charge is 0.309 e. The molecule has 5 heteroatoms. The van der Waals surface area contributed by atoms with Crippen LogP contribution in [0.15, 0.2) is 18.2 Å². The van der Waals surface area contributed by atoms with Crippen molar-refractivity contribution in [1.82, 2.24) is 15.0 Å². The third-order valence-corrected chi connectivity index (χ3v) is 1.68. The van der Waals surface area contributed by atoms with Crippen LogP contribution in [0.1, 0.15) is 0 Å². The summed E-state index contributed by atoms with van der Waals surface area (Å²) in [6.07, 6.45) is 0. The van der Waals surface area contributed by atoms with Gasteiger partial charge in [0.15, 0.2) is 0 Å². The van der Waals surface area contributed by atoms with E-state index in [-0.39, 0.29) is 12.5 Å². The quantitative estimate of drug-likeness (QED) is 0.616. The average Bonchev–Trinajstić information content (AvgIpc) is 2.49. The van der Waals surface area contributed by atoms with Crippen molar-refractivity contribution in [2.45, 2.75) is 6.67 Å². The molecule has 0 spiro atoms. The molecular weight excluding hydrogens is 171 g/mol. The number of fused-ring (bicyclic) bond motifs is 1. The Kier molecular flexibility index (Phi) is 1.67. The summed E-state index contributed by atoms with van der Waals surface area (Å²) >= 11 is 0. The number of hydrogen-bond acceptors (Lipinski definition) is 2. The summed E-state index contributed by atoms with van der Waals surface area (Å²) in [5.74, 6) is -0.346. The Morgan fingerprint density at radius 3 is 3.15 bits per heavy atom. The zero-order chi connectivity index (χ0) is 9.26. The van der Waals surface area contributed by atoms with E-state index in [1.165, 1.54) is 22.9 Å². The first-order valence-corrected chi connectivity index (χ1v) is 3.63. The van der Waals surface area contributed by atoms with Gasteiger partial charge in [-0.1, -0.05) is 5.21 Å². The van der Waals surface area contributed by atoms with Crippen LogP contribution in [0.3, 0.4) is 0 Å². The number of halogens is 1. The highest BCUT2D eigenvalue weighted by atomic mass is 19.1. The SMILES string of the molecule is [C-]#[N+]Cn1nnc2ccc(F)cc21. The summed E-state index contributed by atoms with van der Waals surface area (Å²) in [5.41, 5.74) is 1.15. The Balaban J connectivity index is 2.66. The molecule has 13 heavy (non-hydrogen) atoms. The topological polar surface area (TPSA) is 35.1 Å². The fourth-order valence-electron chi connectivity index (χ4n) is 1.11. The molecule has 0 atom stereocenters. The van der Waals surface area contributed by atoms with Gasteiger partial charge >= 0.3 is 6.67 Å². The molecule has 0 fully saturated rings. The minimum atomic E-state index is -0.346. The van der Waals surface area contributed by atoms with Crippen LogP contribution in [-0.2, 0) is 6.67 Å².